The van der Waals surface area contributed by atoms with Crippen LogP contribution in [0.5, 0.6) is 6.01 Å². The molecule has 1 aliphatic carbocycles. The minimum atomic E-state index is 0.0290. The number of aromatic nitrogens is 3. The number of rotatable bonds is 7. The van der Waals surface area contributed by atoms with E-state index < -0.39 is 0 Å². The summed E-state index contributed by atoms with van der Waals surface area (Å²) in [7, 11) is 1.74. The van der Waals surface area contributed by atoms with Crippen LogP contribution in [0.3, 0.4) is 0 Å². The molecule has 0 spiro atoms. The highest BCUT2D eigenvalue weighted by Crippen LogP contribution is 2.25. The van der Waals surface area contributed by atoms with Gasteiger partial charge in [0.15, 0.2) is 0 Å². The monoisotopic (exact) mass is 281 g/mol. The van der Waals surface area contributed by atoms with Crippen LogP contribution in [0.1, 0.15) is 33.6 Å². The van der Waals surface area contributed by atoms with Crippen LogP contribution in [0.4, 0.5) is 11.9 Å². The minimum absolute atomic E-state index is 0.0290. The number of ether oxygens (including phenoxy) is 2. The minimum Gasteiger partial charge on any atom is -0.461 e. The van der Waals surface area contributed by atoms with Crippen LogP contribution in [0.25, 0.3) is 0 Å². The van der Waals surface area contributed by atoms with Crippen molar-refractivity contribution in [2.75, 3.05) is 24.3 Å². The summed E-state index contributed by atoms with van der Waals surface area (Å²) in [6.45, 7) is 6.63. The van der Waals surface area contributed by atoms with Crippen LogP contribution in [0, 0.1) is 0 Å². The maximum Gasteiger partial charge on any atom is 0.323 e. The molecule has 2 N–H and O–H groups in total. The molecule has 112 valence electrons. The second-order valence-electron chi connectivity index (χ2n) is 5.13. The SMILES string of the molecule is CCNc1nc(NC2CC(OC)C2)nc(OC(C)C)n1. The maximum absolute atomic E-state index is 5.55. The van der Waals surface area contributed by atoms with E-state index in [0.717, 1.165) is 19.4 Å². The molecule has 0 atom stereocenters. The first-order chi connectivity index (χ1) is 9.60. The fourth-order valence-electron chi connectivity index (χ4n) is 1.98. The van der Waals surface area contributed by atoms with Crippen molar-refractivity contribution in [3.05, 3.63) is 0 Å². The van der Waals surface area contributed by atoms with E-state index in [1.165, 1.54) is 0 Å². The van der Waals surface area contributed by atoms with Crippen LogP contribution in [-0.2, 0) is 4.74 Å². The average molecular weight is 281 g/mol. The lowest BCUT2D eigenvalue weighted by atomic mass is 9.89. The Labute approximate surface area is 119 Å². The van der Waals surface area contributed by atoms with E-state index in [9.17, 15) is 0 Å². The molecule has 1 heterocycles. The number of hydrogen-bond acceptors (Lipinski definition) is 7. The molecule has 7 heteroatoms. The third-order valence-corrected chi connectivity index (χ3v) is 3.05. The van der Waals surface area contributed by atoms with Crippen LogP contribution >= 0.6 is 0 Å². The third-order valence-electron chi connectivity index (χ3n) is 3.05. The van der Waals surface area contributed by atoms with Crippen molar-refractivity contribution < 1.29 is 9.47 Å². The second kappa shape index (κ2) is 6.69. The number of nitrogens with zero attached hydrogens (tertiary/aromatic N) is 3. The van der Waals surface area contributed by atoms with Crippen molar-refractivity contribution in [2.45, 2.75) is 51.9 Å². The van der Waals surface area contributed by atoms with E-state index in [1.54, 1.807) is 7.11 Å². The molecule has 1 fully saturated rings. The molecule has 1 aliphatic rings. The Kier molecular flexibility index (Phi) is 4.94. The van der Waals surface area contributed by atoms with Crippen molar-refractivity contribution in [3.63, 3.8) is 0 Å². The molecule has 2 rings (SSSR count). The van der Waals surface area contributed by atoms with Gasteiger partial charge in [0.2, 0.25) is 11.9 Å². The van der Waals surface area contributed by atoms with E-state index >= 15 is 0 Å². The van der Waals surface area contributed by atoms with Crippen LogP contribution in [0.15, 0.2) is 0 Å². The first kappa shape index (κ1) is 14.8. The topological polar surface area (TPSA) is 81.2 Å². The van der Waals surface area contributed by atoms with Crippen molar-refractivity contribution in [1.29, 1.82) is 0 Å². The van der Waals surface area contributed by atoms with Gasteiger partial charge in [0, 0.05) is 19.7 Å². The lowest BCUT2D eigenvalue weighted by Crippen LogP contribution is -2.40. The zero-order chi connectivity index (χ0) is 14.5. The Bertz CT molecular complexity index is 435. The summed E-state index contributed by atoms with van der Waals surface area (Å²) in [6, 6.07) is 0.694. The smallest absolute Gasteiger partial charge is 0.323 e. The van der Waals surface area contributed by atoms with Gasteiger partial charge < -0.3 is 20.1 Å². The summed E-state index contributed by atoms with van der Waals surface area (Å²) in [5.41, 5.74) is 0. The Balaban J connectivity index is 2.04. The van der Waals surface area contributed by atoms with Crippen molar-refractivity contribution in [1.82, 2.24) is 15.0 Å². The first-order valence-corrected chi connectivity index (χ1v) is 7.06. The van der Waals surface area contributed by atoms with Gasteiger partial charge in [-0.1, -0.05) is 0 Å². The van der Waals surface area contributed by atoms with Crippen LogP contribution in [0.2, 0.25) is 0 Å². The average Bonchev–Trinajstić information content (AvgIpc) is 2.32. The molecular formula is C13H23N5O2. The molecule has 1 aromatic rings. The molecule has 0 amide bonds. The first-order valence-electron chi connectivity index (χ1n) is 7.06. The van der Waals surface area contributed by atoms with Crippen LogP contribution < -0.4 is 15.4 Å². The molecule has 0 aliphatic heterocycles. The molecule has 0 aromatic carbocycles. The second-order valence-corrected chi connectivity index (χ2v) is 5.13. The van der Waals surface area contributed by atoms with E-state index in [1.807, 2.05) is 20.8 Å². The molecule has 1 aromatic heterocycles. The summed E-state index contributed by atoms with van der Waals surface area (Å²) in [5, 5.41) is 6.38. The van der Waals surface area contributed by atoms with Gasteiger partial charge in [-0.15, -0.1) is 0 Å². The Morgan fingerprint density at radius 3 is 2.50 bits per heavy atom. The fourth-order valence-corrected chi connectivity index (χ4v) is 1.98. The standard InChI is InChI=1S/C13H23N5O2/c1-5-14-11-16-12(15-9-6-10(7-9)19-4)18-13(17-11)20-8(2)3/h8-10H,5-7H2,1-4H3,(H2,14,15,16,17,18). The number of nitrogens with one attached hydrogen (secondary N) is 2. The van der Waals surface area contributed by atoms with Gasteiger partial charge >= 0.3 is 6.01 Å². The van der Waals surface area contributed by atoms with Crippen molar-refractivity contribution in [2.24, 2.45) is 0 Å². The summed E-state index contributed by atoms with van der Waals surface area (Å²) >= 11 is 0. The summed E-state index contributed by atoms with van der Waals surface area (Å²) in [5.74, 6) is 1.08. The molecular weight excluding hydrogens is 258 g/mol. The van der Waals surface area contributed by atoms with Crippen molar-refractivity contribution >= 4 is 11.9 Å². The van der Waals surface area contributed by atoms with E-state index in [4.69, 9.17) is 9.47 Å². The fraction of sp³-hybridized carbons (Fsp3) is 0.769. The lowest BCUT2D eigenvalue weighted by molar-refractivity contribution is 0.0327. The molecule has 0 saturated heterocycles. The van der Waals surface area contributed by atoms with Crippen molar-refractivity contribution in [3.8, 4) is 6.01 Å². The van der Waals surface area contributed by atoms with Gasteiger partial charge in [0.05, 0.1) is 12.2 Å². The maximum atomic E-state index is 5.55. The van der Waals surface area contributed by atoms with E-state index in [2.05, 4.69) is 25.6 Å². The predicted octanol–water partition coefficient (Wildman–Crippen LogP) is 1.68. The van der Waals surface area contributed by atoms with Gasteiger partial charge in [-0.3, -0.25) is 0 Å². The highest BCUT2D eigenvalue weighted by atomic mass is 16.5. The zero-order valence-corrected chi connectivity index (χ0v) is 12.5. The third kappa shape index (κ3) is 3.93. The highest BCUT2D eigenvalue weighted by Gasteiger charge is 2.29. The largest absolute Gasteiger partial charge is 0.461 e. The van der Waals surface area contributed by atoms with Gasteiger partial charge in [0.25, 0.3) is 0 Å². The molecule has 7 nitrogen and oxygen atoms in total. The summed E-state index contributed by atoms with van der Waals surface area (Å²) < 4.78 is 10.8. The van der Waals surface area contributed by atoms with Crippen LogP contribution in [-0.4, -0.2) is 46.9 Å². The summed E-state index contributed by atoms with van der Waals surface area (Å²) in [4.78, 5) is 12.9. The Hall–Kier alpha value is -1.63. The van der Waals surface area contributed by atoms with Gasteiger partial charge in [-0.2, -0.15) is 15.0 Å². The molecule has 0 bridgehead atoms. The number of hydrogen-bond donors (Lipinski definition) is 2. The van der Waals surface area contributed by atoms with E-state index in [-0.39, 0.29) is 6.10 Å². The molecule has 1 saturated carbocycles. The Morgan fingerprint density at radius 1 is 1.20 bits per heavy atom. The summed E-state index contributed by atoms with van der Waals surface area (Å²) in [6.07, 6.45) is 2.31. The zero-order valence-electron chi connectivity index (χ0n) is 12.5. The number of anilines is 2. The van der Waals surface area contributed by atoms with E-state index in [0.29, 0.717) is 30.1 Å². The quantitative estimate of drug-likeness (QED) is 0.787. The normalized spacial score (nSPS) is 21.4. The highest BCUT2D eigenvalue weighted by molar-refractivity contribution is 5.37. The Morgan fingerprint density at radius 2 is 1.90 bits per heavy atom. The number of methoxy groups -OCH3 is 1. The predicted molar refractivity (Wildman–Crippen MR) is 77.2 cm³/mol. The lowest BCUT2D eigenvalue weighted by Gasteiger charge is -2.34. The molecule has 0 radical (unpaired) electrons. The molecule has 20 heavy (non-hydrogen) atoms. The molecule has 0 unspecified atom stereocenters. The van der Waals surface area contributed by atoms with Gasteiger partial charge in [-0.05, 0) is 33.6 Å². The van der Waals surface area contributed by atoms with Gasteiger partial charge in [0.1, 0.15) is 0 Å². The van der Waals surface area contributed by atoms with Gasteiger partial charge in [-0.25, -0.2) is 0 Å².